The van der Waals surface area contributed by atoms with Crippen molar-refractivity contribution in [1.29, 1.82) is 0 Å². The van der Waals surface area contributed by atoms with Gasteiger partial charge in [-0.05, 0) is 50.5 Å². The maximum atomic E-state index is 12.3. The van der Waals surface area contributed by atoms with Crippen LogP contribution in [0, 0.1) is 0 Å². The number of benzene rings is 1. The van der Waals surface area contributed by atoms with E-state index in [1.165, 1.54) is 0 Å². The van der Waals surface area contributed by atoms with Crippen LogP contribution >= 0.6 is 0 Å². The minimum Gasteiger partial charge on any atom is -0.383 e. The van der Waals surface area contributed by atoms with Crippen molar-refractivity contribution in [1.82, 2.24) is 30.0 Å². The largest absolute Gasteiger partial charge is 0.383 e. The Morgan fingerprint density at radius 2 is 1.70 bits per heavy atom. The minimum atomic E-state index is -0.402. The predicted molar refractivity (Wildman–Crippen MR) is 139 cm³/mol. The smallest absolute Gasteiger partial charge is 0.341 e. The summed E-state index contributed by atoms with van der Waals surface area (Å²) in [4.78, 5) is 24.0. The molecule has 1 aromatic carbocycles. The van der Waals surface area contributed by atoms with Gasteiger partial charge in [0.2, 0.25) is 0 Å². The van der Waals surface area contributed by atoms with Crippen LogP contribution in [-0.2, 0) is 0 Å². The molecule has 3 fully saturated rings. The molecule has 3 atom stereocenters. The van der Waals surface area contributed by atoms with Gasteiger partial charge in [-0.2, -0.15) is 9.61 Å². The highest BCUT2D eigenvalue weighted by atomic mass is 16.5. The van der Waals surface area contributed by atoms with Crippen molar-refractivity contribution in [3.63, 3.8) is 0 Å². The number of hydrogen-bond acceptors (Lipinski definition) is 6. The Bertz CT molecular complexity index is 1470. The zero-order chi connectivity index (χ0) is 25.1. The lowest BCUT2D eigenvalue weighted by Gasteiger charge is -2.38. The lowest BCUT2D eigenvalue weighted by molar-refractivity contribution is 0.0931. The molecule has 3 aliphatic rings. The van der Waals surface area contributed by atoms with Crippen molar-refractivity contribution in [2.24, 2.45) is 0 Å². The van der Waals surface area contributed by atoms with Gasteiger partial charge in [-0.15, -0.1) is 0 Å². The number of carbonyl (C=O) groups excluding carboxylic acids is 1. The van der Waals surface area contributed by atoms with Gasteiger partial charge in [-0.3, -0.25) is 10.2 Å². The lowest BCUT2D eigenvalue weighted by Crippen LogP contribution is -2.49. The standard InChI is InChI=1S/C28H29N7O2/c29-26-24(17-6-7-17)25(19-12-20-9-10-21(13-19)34(20)28(36)33-37)32-27-22(15-31-35(26)27)18-8-11-23(30-14-18)16-4-2-1-3-5-16/h1-5,8,11,14-15,17,19-21,37H,6-7,9-10,12-13,29H2,(H,33,36)/t19-,20+,21?/m1/s1. The fourth-order valence-electron chi connectivity index (χ4n) is 6.47. The summed E-state index contributed by atoms with van der Waals surface area (Å²) in [6.07, 6.45) is 9.47. The summed E-state index contributed by atoms with van der Waals surface area (Å²) in [5.41, 5.74) is 15.4. The van der Waals surface area contributed by atoms with Gasteiger partial charge in [0.05, 0.1) is 17.6 Å². The van der Waals surface area contributed by atoms with E-state index in [2.05, 4.69) is 11.2 Å². The number of urea groups is 1. The molecule has 7 rings (SSSR count). The number of hydrogen-bond donors (Lipinski definition) is 3. The number of aromatic nitrogens is 4. The van der Waals surface area contributed by atoms with E-state index in [-0.39, 0.29) is 18.0 Å². The Labute approximate surface area is 214 Å². The van der Waals surface area contributed by atoms with Gasteiger partial charge in [0.15, 0.2) is 5.65 Å². The summed E-state index contributed by atoms with van der Waals surface area (Å²) in [5.74, 6) is 1.30. The Kier molecular flexibility index (Phi) is 5.14. The Balaban J connectivity index is 1.28. The maximum absolute atomic E-state index is 12.3. The number of piperidine rings is 1. The zero-order valence-corrected chi connectivity index (χ0v) is 20.4. The van der Waals surface area contributed by atoms with E-state index >= 15 is 0 Å². The van der Waals surface area contributed by atoms with Gasteiger partial charge in [-0.1, -0.05) is 36.4 Å². The maximum Gasteiger partial charge on any atom is 0.341 e. The molecule has 9 heteroatoms. The summed E-state index contributed by atoms with van der Waals surface area (Å²) >= 11 is 0. The molecule has 4 N–H and O–H groups in total. The van der Waals surface area contributed by atoms with E-state index in [0.717, 1.165) is 77.8 Å². The molecule has 0 spiro atoms. The van der Waals surface area contributed by atoms with Crippen molar-refractivity contribution in [3.05, 3.63) is 66.1 Å². The molecule has 1 saturated carbocycles. The highest BCUT2D eigenvalue weighted by molar-refractivity contribution is 5.79. The molecule has 2 saturated heterocycles. The fraction of sp³-hybridized carbons (Fsp3) is 0.357. The first-order chi connectivity index (χ1) is 18.1. The SMILES string of the molecule is Nc1c(C2CC2)c([C@H]2CC3CC[C@@H](C2)N3C(=O)NO)nc2c(-c3ccc(-c4ccccc4)nc3)cnn12. The lowest BCUT2D eigenvalue weighted by atomic mass is 9.85. The second-order valence-electron chi connectivity index (χ2n) is 10.5. The monoisotopic (exact) mass is 495 g/mol. The van der Waals surface area contributed by atoms with Crippen molar-refractivity contribution in [2.75, 3.05) is 5.73 Å². The molecule has 4 aromatic rings. The van der Waals surface area contributed by atoms with Gasteiger partial charge in [0.25, 0.3) is 0 Å². The highest BCUT2D eigenvalue weighted by Crippen LogP contribution is 2.50. The topological polar surface area (TPSA) is 122 Å². The number of rotatable bonds is 4. The van der Waals surface area contributed by atoms with E-state index in [4.69, 9.17) is 15.7 Å². The second-order valence-corrected chi connectivity index (χ2v) is 10.5. The van der Waals surface area contributed by atoms with Gasteiger partial charge in [-0.25, -0.2) is 15.3 Å². The second kappa shape index (κ2) is 8.55. The molecule has 2 amide bonds. The summed E-state index contributed by atoms with van der Waals surface area (Å²) in [5, 5.41) is 13.9. The third-order valence-corrected chi connectivity index (χ3v) is 8.33. The molecule has 1 aliphatic carbocycles. The minimum absolute atomic E-state index is 0.0984. The quantitative estimate of drug-likeness (QED) is 0.278. The molecule has 0 radical (unpaired) electrons. The molecule has 9 nitrogen and oxygen atoms in total. The Morgan fingerprint density at radius 1 is 0.946 bits per heavy atom. The first kappa shape index (κ1) is 22.2. The number of hydroxylamine groups is 1. The number of amides is 2. The van der Waals surface area contributed by atoms with Crippen LogP contribution in [0.15, 0.2) is 54.9 Å². The number of carbonyl (C=O) groups is 1. The molecule has 2 bridgehead atoms. The van der Waals surface area contributed by atoms with Crippen LogP contribution in [0.4, 0.5) is 10.6 Å². The van der Waals surface area contributed by atoms with Crippen LogP contribution in [0.1, 0.15) is 61.6 Å². The number of pyridine rings is 1. The number of nitrogens with two attached hydrogens (primary N) is 1. The van der Waals surface area contributed by atoms with Crippen molar-refractivity contribution >= 4 is 17.5 Å². The average molecular weight is 496 g/mol. The van der Waals surface area contributed by atoms with Gasteiger partial charge < -0.3 is 10.6 Å². The summed E-state index contributed by atoms with van der Waals surface area (Å²) < 4.78 is 1.78. The van der Waals surface area contributed by atoms with Crippen LogP contribution < -0.4 is 11.2 Å². The van der Waals surface area contributed by atoms with E-state index in [0.29, 0.717) is 11.7 Å². The Morgan fingerprint density at radius 3 is 2.35 bits per heavy atom. The molecule has 2 aliphatic heterocycles. The van der Waals surface area contributed by atoms with Crippen LogP contribution in [0.3, 0.4) is 0 Å². The van der Waals surface area contributed by atoms with E-state index in [9.17, 15) is 10.0 Å². The molecular formula is C28H29N7O2. The first-order valence-corrected chi connectivity index (χ1v) is 13.0. The van der Waals surface area contributed by atoms with Crippen molar-refractivity contribution in [3.8, 4) is 22.4 Å². The molecule has 188 valence electrons. The van der Waals surface area contributed by atoms with Crippen LogP contribution in [-0.4, -0.2) is 47.8 Å². The number of nitrogen functional groups attached to an aromatic ring is 1. The molecular weight excluding hydrogens is 466 g/mol. The molecule has 1 unspecified atom stereocenters. The van der Waals surface area contributed by atoms with Gasteiger partial charge in [0.1, 0.15) is 5.82 Å². The van der Waals surface area contributed by atoms with Gasteiger partial charge >= 0.3 is 6.03 Å². The van der Waals surface area contributed by atoms with Crippen molar-refractivity contribution in [2.45, 2.75) is 62.4 Å². The predicted octanol–water partition coefficient (Wildman–Crippen LogP) is 4.73. The fourth-order valence-corrected chi connectivity index (χ4v) is 6.47. The summed E-state index contributed by atoms with van der Waals surface area (Å²) in [6, 6.07) is 14.0. The highest BCUT2D eigenvalue weighted by Gasteiger charge is 2.45. The zero-order valence-electron chi connectivity index (χ0n) is 20.4. The third kappa shape index (κ3) is 3.64. The van der Waals surface area contributed by atoms with E-state index < -0.39 is 6.03 Å². The van der Waals surface area contributed by atoms with Crippen LogP contribution in [0.25, 0.3) is 28.0 Å². The van der Waals surface area contributed by atoms with Crippen LogP contribution in [0.2, 0.25) is 0 Å². The van der Waals surface area contributed by atoms with Gasteiger partial charge in [0, 0.05) is 46.5 Å². The first-order valence-electron chi connectivity index (χ1n) is 13.0. The van der Waals surface area contributed by atoms with Crippen LogP contribution in [0.5, 0.6) is 0 Å². The summed E-state index contributed by atoms with van der Waals surface area (Å²) in [6.45, 7) is 0. The van der Waals surface area contributed by atoms with Crippen molar-refractivity contribution < 1.29 is 10.0 Å². The van der Waals surface area contributed by atoms with E-state index in [1.54, 1.807) is 4.52 Å². The molecule has 3 aromatic heterocycles. The molecule has 37 heavy (non-hydrogen) atoms. The number of nitrogens with one attached hydrogen (secondary N) is 1. The Hall–Kier alpha value is -3.98. The normalized spacial score (nSPS) is 22.9. The number of nitrogens with zero attached hydrogens (tertiary/aromatic N) is 5. The molecule has 5 heterocycles. The van der Waals surface area contributed by atoms with E-state index in [1.807, 2.05) is 59.2 Å². The average Bonchev–Trinajstić information content (AvgIpc) is 3.62. The summed E-state index contributed by atoms with van der Waals surface area (Å²) in [7, 11) is 0. The third-order valence-electron chi connectivity index (χ3n) is 8.33. The number of fused-ring (bicyclic) bond motifs is 3. The number of anilines is 1.